The van der Waals surface area contributed by atoms with Crippen LogP contribution in [-0.2, 0) is 10.0 Å². The molecule has 0 saturated carbocycles. The predicted molar refractivity (Wildman–Crippen MR) is 75.7 cm³/mol. The summed E-state index contributed by atoms with van der Waals surface area (Å²) in [6, 6.07) is 11.1. The van der Waals surface area contributed by atoms with Gasteiger partial charge in [-0.05, 0) is 36.8 Å². The molecule has 0 fully saturated rings. The Bertz CT molecular complexity index is 877. The molecule has 1 heterocycles. The monoisotopic (exact) mass is 298 g/mol. The summed E-state index contributed by atoms with van der Waals surface area (Å²) in [4.78, 5) is 3.53. The molecule has 104 valence electrons. The van der Waals surface area contributed by atoms with Crippen LogP contribution in [0.15, 0.2) is 41.4 Å². The van der Waals surface area contributed by atoms with Crippen LogP contribution in [0.4, 0.5) is 5.69 Å². The highest BCUT2D eigenvalue weighted by molar-refractivity contribution is 7.92. The molecule has 0 aliphatic heterocycles. The fraction of sp³-hybridized carbons (Fsp3) is 0.0714. The van der Waals surface area contributed by atoms with Crippen molar-refractivity contribution in [2.75, 3.05) is 4.72 Å². The van der Waals surface area contributed by atoms with Gasteiger partial charge in [-0.3, -0.25) is 4.72 Å². The molecule has 7 heteroatoms. The van der Waals surface area contributed by atoms with Crippen LogP contribution in [0.2, 0.25) is 0 Å². The van der Waals surface area contributed by atoms with Gasteiger partial charge in [0.15, 0.2) is 5.69 Å². The molecule has 1 aromatic heterocycles. The van der Waals surface area contributed by atoms with E-state index in [-0.39, 0.29) is 10.6 Å². The minimum atomic E-state index is -3.95. The van der Waals surface area contributed by atoms with Gasteiger partial charge in [0.25, 0.3) is 10.0 Å². The van der Waals surface area contributed by atoms with Crippen LogP contribution in [-0.4, -0.2) is 13.4 Å². The standard InChI is InChI=1S/C14H10N4O2S/c1-10-4-5-11(8-15)7-12(10)18-21(19,20)14-3-2-6-17-13(14)9-16/h2-7,18H,1H3. The smallest absolute Gasteiger partial charge is 0.264 e. The van der Waals surface area contributed by atoms with Gasteiger partial charge in [-0.15, -0.1) is 0 Å². The lowest BCUT2D eigenvalue weighted by molar-refractivity contribution is 0.600. The summed E-state index contributed by atoms with van der Waals surface area (Å²) in [6.45, 7) is 1.72. The highest BCUT2D eigenvalue weighted by atomic mass is 32.2. The zero-order valence-electron chi connectivity index (χ0n) is 11.0. The lowest BCUT2D eigenvalue weighted by Crippen LogP contribution is -2.15. The fourth-order valence-electron chi connectivity index (χ4n) is 1.69. The number of nitrogens with one attached hydrogen (secondary N) is 1. The van der Waals surface area contributed by atoms with Crippen LogP contribution in [0.1, 0.15) is 16.8 Å². The van der Waals surface area contributed by atoms with Crippen molar-refractivity contribution in [1.82, 2.24) is 4.98 Å². The number of nitriles is 2. The topological polar surface area (TPSA) is 107 Å². The summed E-state index contributed by atoms with van der Waals surface area (Å²) in [7, 11) is -3.95. The second kappa shape index (κ2) is 5.61. The zero-order valence-corrected chi connectivity index (χ0v) is 11.8. The second-order valence-electron chi connectivity index (χ2n) is 4.21. The average molecular weight is 298 g/mol. The van der Waals surface area contributed by atoms with Crippen LogP contribution in [0.25, 0.3) is 0 Å². The molecule has 1 N–H and O–H groups in total. The van der Waals surface area contributed by atoms with Gasteiger partial charge in [0.2, 0.25) is 0 Å². The summed E-state index contributed by atoms with van der Waals surface area (Å²) in [6.07, 6.45) is 1.35. The first-order valence-corrected chi connectivity index (χ1v) is 7.35. The first-order chi connectivity index (χ1) is 9.97. The summed E-state index contributed by atoms with van der Waals surface area (Å²) >= 11 is 0. The number of pyridine rings is 1. The Morgan fingerprint density at radius 3 is 2.62 bits per heavy atom. The Labute approximate surface area is 122 Å². The van der Waals surface area contributed by atoms with Crippen LogP contribution < -0.4 is 4.72 Å². The molecule has 0 aliphatic carbocycles. The van der Waals surface area contributed by atoms with E-state index < -0.39 is 10.0 Å². The molecule has 0 bridgehead atoms. The van der Waals surface area contributed by atoms with E-state index >= 15 is 0 Å². The van der Waals surface area contributed by atoms with Crippen LogP contribution >= 0.6 is 0 Å². The number of sulfonamides is 1. The molecule has 0 saturated heterocycles. The number of rotatable bonds is 3. The summed E-state index contributed by atoms with van der Waals surface area (Å²) < 4.78 is 27.1. The quantitative estimate of drug-likeness (QED) is 0.931. The third-order valence-corrected chi connectivity index (χ3v) is 4.17. The summed E-state index contributed by atoms with van der Waals surface area (Å²) in [5, 5.41) is 17.8. The van der Waals surface area contributed by atoms with Crippen LogP contribution in [0.3, 0.4) is 0 Å². The summed E-state index contributed by atoms with van der Waals surface area (Å²) in [5.74, 6) is 0. The maximum Gasteiger partial charge on any atom is 0.264 e. The van der Waals surface area contributed by atoms with Crippen molar-refractivity contribution in [3.63, 3.8) is 0 Å². The highest BCUT2D eigenvalue weighted by Crippen LogP contribution is 2.22. The zero-order chi connectivity index (χ0) is 15.5. The molecule has 0 spiro atoms. The van der Waals surface area contributed by atoms with Gasteiger partial charge in [0.05, 0.1) is 17.3 Å². The van der Waals surface area contributed by atoms with Crippen molar-refractivity contribution in [1.29, 1.82) is 10.5 Å². The molecule has 0 radical (unpaired) electrons. The number of anilines is 1. The molecule has 1 aromatic carbocycles. The van der Waals surface area contributed by atoms with Crippen molar-refractivity contribution >= 4 is 15.7 Å². The van der Waals surface area contributed by atoms with E-state index in [1.807, 2.05) is 6.07 Å². The number of aryl methyl sites for hydroxylation is 1. The Balaban J connectivity index is 2.48. The van der Waals surface area contributed by atoms with E-state index in [0.717, 1.165) is 0 Å². The largest absolute Gasteiger partial charge is 0.279 e. The first kappa shape index (κ1) is 14.5. The molecule has 0 unspecified atom stereocenters. The molecule has 0 aliphatic rings. The van der Waals surface area contributed by atoms with Gasteiger partial charge in [0, 0.05) is 6.20 Å². The van der Waals surface area contributed by atoms with E-state index in [1.165, 1.54) is 24.4 Å². The number of aromatic nitrogens is 1. The van der Waals surface area contributed by atoms with E-state index in [9.17, 15) is 8.42 Å². The van der Waals surface area contributed by atoms with E-state index in [4.69, 9.17) is 10.5 Å². The second-order valence-corrected chi connectivity index (χ2v) is 5.86. The highest BCUT2D eigenvalue weighted by Gasteiger charge is 2.20. The Morgan fingerprint density at radius 1 is 1.19 bits per heavy atom. The number of benzene rings is 1. The van der Waals surface area contributed by atoms with E-state index in [1.54, 1.807) is 25.1 Å². The van der Waals surface area contributed by atoms with Gasteiger partial charge in [-0.2, -0.15) is 10.5 Å². The normalized spacial score (nSPS) is 10.4. The van der Waals surface area contributed by atoms with Gasteiger partial charge >= 0.3 is 0 Å². The molecule has 6 nitrogen and oxygen atoms in total. The molecular weight excluding hydrogens is 288 g/mol. The third-order valence-electron chi connectivity index (χ3n) is 2.78. The van der Waals surface area contributed by atoms with Crippen molar-refractivity contribution < 1.29 is 8.42 Å². The van der Waals surface area contributed by atoms with Crippen molar-refractivity contribution in [3.05, 3.63) is 53.3 Å². The van der Waals surface area contributed by atoms with Gasteiger partial charge in [0.1, 0.15) is 11.0 Å². The van der Waals surface area contributed by atoms with Crippen LogP contribution in [0.5, 0.6) is 0 Å². The summed E-state index contributed by atoms with van der Waals surface area (Å²) in [5.41, 5.74) is 1.12. The van der Waals surface area contributed by atoms with E-state index in [2.05, 4.69) is 9.71 Å². The molecule has 21 heavy (non-hydrogen) atoms. The maximum absolute atomic E-state index is 12.3. The average Bonchev–Trinajstić information content (AvgIpc) is 2.49. The minimum absolute atomic E-state index is 0.181. The number of hydrogen-bond donors (Lipinski definition) is 1. The number of hydrogen-bond acceptors (Lipinski definition) is 5. The first-order valence-electron chi connectivity index (χ1n) is 5.86. The SMILES string of the molecule is Cc1ccc(C#N)cc1NS(=O)(=O)c1cccnc1C#N. The molecule has 2 rings (SSSR count). The molecule has 0 atom stereocenters. The van der Waals surface area contributed by atoms with Crippen molar-refractivity contribution in [2.24, 2.45) is 0 Å². The fourth-order valence-corrected chi connectivity index (χ4v) is 2.92. The third kappa shape index (κ3) is 2.99. The Hall–Kier alpha value is -2.90. The Kier molecular flexibility index (Phi) is 3.88. The molecule has 2 aromatic rings. The maximum atomic E-state index is 12.3. The van der Waals surface area contributed by atoms with Crippen molar-refractivity contribution in [2.45, 2.75) is 11.8 Å². The molecule has 0 amide bonds. The Morgan fingerprint density at radius 2 is 1.95 bits per heavy atom. The lowest BCUT2D eigenvalue weighted by Gasteiger charge is -2.11. The van der Waals surface area contributed by atoms with Gasteiger partial charge < -0.3 is 0 Å². The minimum Gasteiger partial charge on any atom is -0.279 e. The van der Waals surface area contributed by atoms with E-state index in [0.29, 0.717) is 16.8 Å². The molecular formula is C14H10N4O2S. The predicted octanol–water partition coefficient (Wildman–Crippen LogP) is 1.93. The van der Waals surface area contributed by atoms with Gasteiger partial charge in [-0.25, -0.2) is 13.4 Å². The lowest BCUT2D eigenvalue weighted by atomic mass is 10.1. The number of nitrogens with zero attached hydrogens (tertiary/aromatic N) is 3. The van der Waals surface area contributed by atoms with Gasteiger partial charge in [-0.1, -0.05) is 6.07 Å². The van der Waals surface area contributed by atoms with Crippen LogP contribution in [0, 0.1) is 29.6 Å². The van der Waals surface area contributed by atoms with Crippen molar-refractivity contribution in [3.8, 4) is 12.1 Å².